The Morgan fingerprint density at radius 2 is 2.16 bits per heavy atom. The molecule has 2 heterocycles. The fourth-order valence-electron chi connectivity index (χ4n) is 3.70. The maximum atomic E-state index is 13.7. The molecule has 0 spiro atoms. The van der Waals surface area contributed by atoms with E-state index in [9.17, 15) is 9.18 Å². The maximum absolute atomic E-state index is 13.7. The number of benzene rings is 1. The highest BCUT2D eigenvalue weighted by Gasteiger charge is 2.28. The van der Waals surface area contributed by atoms with Gasteiger partial charge in [-0.1, -0.05) is 18.2 Å². The Bertz CT molecular complexity index is 795. The van der Waals surface area contributed by atoms with Crippen molar-refractivity contribution in [1.82, 2.24) is 14.9 Å². The number of rotatable bonds is 4. The molecule has 1 aromatic carbocycles. The lowest BCUT2D eigenvalue weighted by Crippen LogP contribution is -2.33. The Balaban J connectivity index is 1.38. The summed E-state index contributed by atoms with van der Waals surface area (Å²) in [5.41, 5.74) is 2.82. The molecule has 1 saturated heterocycles. The highest BCUT2D eigenvalue weighted by Crippen LogP contribution is 2.26. The second-order valence-corrected chi connectivity index (χ2v) is 6.74. The monoisotopic (exact) mass is 340 g/mol. The zero-order valence-electron chi connectivity index (χ0n) is 14.0. The molecule has 2 aromatic rings. The van der Waals surface area contributed by atoms with Gasteiger partial charge in [-0.3, -0.25) is 4.79 Å². The van der Waals surface area contributed by atoms with Gasteiger partial charge in [0.05, 0.1) is 6.42 Å². The molecule has 2 aliphatic rings. The van der Waals surface area contributed by atoms with Gasteiger partial charge < -0.3 is 10.2 Å². The topological polar surface area (TPSA) is 58.1 Å². The number of nitrogens with one attached hydrogen (secondary N) is 1. The molecule has 1 amide bonds. The first kappa shape index (κ1) is 16.0. The normalized spacial score (nSPS) is 19.1. The largest absolute Gasteiger partial charge is 0.365 e. The van der Waals surface area contributed by atoms with Crippen molar-refractivity contribution in [3.8, 4) is 0 Å². The smallest absolute Gasteiger partial charge is 0.227 e. The molecule has 0 unspecified atom stereocenters. The van der Waals surface area contributed by atoms with E-state index in [1.54, 1.807) is 24.5 Å². The van der Waals surface area contributed by atoms with Crippen LogP contribution in [0.1, 0.15) is 29.7 Å². The second kappa shape index (κ2) is 6.78. The summed E-state index contributed by atoms with van der Waals surface area (Å²) in [4.78, 5) is 23.0. The standard InChI is InChI=1S/C19H21FN4O/c20-16-6-2-1-4-13(16)10-18(25)24-9-8-14(11-24)23-19-15-5-3-7-17(15)21-12-22-19/h1-2,4,6,12,14H,3,5,7-11H2,(H,21,22,23)/t14-/m1/s1. The van der Waals surface area contributed by atoms with Gasteiger partial charge in [-0.05, 0) is 37.3 Å². The Morgan fingerprint density at radius 1 is 1.28 bits per heavy atom. The zero-order valence-corrected chi connectivity index (χ0v) is 14.0. The third-order valence-corrected chi connectivity index (χ3v) is 5.06. The number of halogens is 1. The van der Waals surface area contributed by atoms with Crippen LogP contribution in [-0.4, -0.2) is 39.9 Å². The van der Waals surface area contributed by atoms with Gasteiger partial charge in [0, 0.05) is 30.4 Å². The number of anilines is 1. The first-order valence-corrected chi connectivity index (χ1v) is 8.81. The van der Waals surface area contributed by atoms with E-state index in [2.05, 4.69) is 15.3 Å². The number of hydrogen-bond donors (Lipinski definition) is 1. The maximum Gasteiger partial charge on any atom is 0.227 e. The van der Waals surface area contributed by atoms with Crippen LogP contribution in [0.5, 0.6) is 0 Å². The number of nitrogens with zero attached hydrogens (tertiary/aromatic N) is 3. The highest BCUT2D eigenvalue weighted by molar-refractivity contribution is 5.79. The van der Waals surface area contributed by atoms with E-state index in [0.717, 1.165) is 37.2 Å². The molecule has 130 valence electrons. The fraction of sp³-hybridized carbons (Fsp3) is 0.421. The summed E-state index contributed by atoms with van der Waals surface area (Å²) in [6, 6.07) is 6.65. The third kappa shape index (κ3) is 3.34. The number of carbonyl (C=O) groups excluding carboxylic acids is 1. The number of hydrogen-bond acceptors (Lipinski definition) is 4. The Labute approximate surface area is 146 Å². The van der Waals surface area contributed by atoms with Crippen LogP contribution in [0, 0.1) is 5.82 Å². The van der Waals surface area contributed by atoms with Gasteiger partial charge in [0.2, 0.25) is 5.91 Å². The van der Waals surface area contributed by atoms with Crippen LogP contribution in [-0.2, 0) is 24.1 Å². The zero-order chi connectivity index (χ0) is 17.2. The van der Waals surface area contributed by atoms with E-state index in [1.165, 1.54) is 11.6 Å². The molecule has 6 heteroatoms. The lowest BCUT2D eigenvalue weighted by atomic mass is 10.1. The third-order valence-electron chi connectivity index (χ3n) is 5.06. The molecule has 25 heavy (non-hydrogen) atoms. The molecule has 1 fully saturated rings. The Hall–Kier alpha value is -2.50. The number of likely N-dealkylation sites (tertiary alicyclic amines) is 1. The van der Waals surface area contributed by atoms with Gasteiger partial charge >= 0.3 is 0 Å². The average Bonchev–Trinajstić information content (AvgIpc) is 3.26. The summed E-state index contributed by atoms with van der Waals surface area (Å²) < 4.78 is 13.7. The molecule has 0 saturated carbocycles. The minimum Gasteiger partial charge on any atom is -0.365 e. The van der Waals surface area contributed by atoms with Gasteiger partial charge in [0.15, 0.2) is 0 Å². The van der Waals surface area contributed by atoms with Gasteiger partial charge in [-0.25, -0.2) is 14.4 Å². The molecule has 1 aromatic heterocycles. The van der Waals surface area contributed by atoms with Crippen LogP contribution in [0.3, 0.4) is 0 Å². The van der Waals surface area contributed by atoms with Crippen LogP contribution in [0.4, 0.5) is 10.2 Å². The van der Waals surface area contributed by atoms with Crippen molar-refractivity contribution < 1.29 is 9.18 Å². The summed E-state index contributed by atoms with van der Waals surface area (Å²) in [6.45, 7) is 1.32. The van der Waals surface area contributed by atoms with E-state index < -0.39 is 0 Å². The van der Waals surface area contributed by atoms with Gasteiger partial charge in [0.25, 0.3) is 0 Å². The summed E-state index contributed by atoms with van der Waals surface area (Å²) in [5.74, 6) is 0.569. The first-order valence-electron chi connectivity index (χ1n) is 8.81. The number of aromatic nitrogens is 2. The molecular formula is C19H21FN4O. The molecule has 5 nitrogen and oxygen atoms in total. The number of aryl methyl sites for hydroxylation is 1. The van der Waals surface area contributed by atoms with Crippen LogP contribution in [0.15, 0.2) is 30.6 Å². The Kier molecular flexibility index (Phi) is 4.34. The van der Waals surface area contributed by atoms with Crippen LogP contribution >= 0.6 is 0 Å². The van der Waals surface area contributed by atoms with Gasteiger partial charge in [-0.2, -0.15) is 0 Å². The van der Waals surface area contributed by atoms with Crippen LogP contribution in [0.2, 0.25) is 0 Å². The molecule has 0 radical (unpaired) electrons. The lowest BCUT2D eigenvalue weighted by molar-refractivity contribution is -0.129. The number of fused-ring (bicyclic) bond motifs is 1. The van der Waals surface area contributed by atoms with Gasteiger partial charge in [0.1, 0.15) is 18.0 Å². The SMILES string of the molecule is O=C(Cc1ccccc1F)N1CC[C@@H](Nc2ncnc3c2CCC3)C1. The molecule has 4 rings (SSSR count). The highest BCUT2D eigenvalue weighted by atomic mass is 19.1. The predicted octanol–water partition coefficient (Wildman–Crippen LogP) is 2.36. The minimum absolute atomic E-state index is 0.0256. The Morgan fingerprint density at radius 3 is 3.04 bits per heavy atom. The summed E-state index contributed by atoms with van der Waals surface area (Å²) in [6.07, 6.45) is 5.76. The van der Waals surface area contributed by atoms with E-state index in [0.29, 0.717) is 18.7 Å². The van der Waals surface area contributed by atoms with Crippen molar-refractivity contribution in [2.24, 2.45) is 0 Å². The van der Waals surface area contributed by atoms with E-state index in [-0.39, 0.29) is 24.2 Å². The average molecular weight is 340 g/mol. The first-order chi connectivity index (χ1) is 12.2. The predicted molar refractivity (Wildman–Crippen MR) is 92.8 cm³/mol. The second-order valence-electron chi connectivity index (χ2n) is 6.74. The van der Waals surface area contributed by atoms with Crippen molar-refractivity contribution in [1.29, 1.82) is 0 Å². The van der Waals surface area contributed by atoms with Crippen molar-refractivity contribution in [3.05, 3.63) is 53.2 Å². The van der Waals surface area contributed by atoms with Crippen LogP contribution < -0.4 is 5.32 Å². The minimum atomic E-state index is -0.318. The molecule has 1 atom stereocenters. The van der Waals surface area contributed by atoms with Crippen molar-refractivity contribution in [2.75, 3.05) is 18.4 Å². The van der Waals surface area contributed by atoms with Gasteiger partial charge in [-0.15, -0.1) is 0 Å². The molecule has 1 N–H and O–H groups in total. The fourth-order valence-corrected chi connectivity index (χ4v) is 3.70. The molecule has 0 bridgehead atoms. The summed E-state index contributed by atoms with van der Waals surface area (Å²) >= 11 is 0. The van der Waals surface area contributed by atoms with Crippen molar-refractivity contribution >= 4 is 11.7 Å². The van der Waals surface area contributed by atoms with E-state index in [4.69, 9.17) is 0 Å². The molecule has 1 aliphatic carbocycles. The van der Waals surface area contributed by atoms with E-state index in [1.807, 2.05) is 4.90 Å². The molecule has 1 aliphatic heterocycles. The summed E-state index contributed by atoms with van der Waals surface area (Å²) in [7, 11) is 0. The van der Waals surface area contributed by atoms with Crippen LogP contribution in [0.25, 0.3) is 0 Å². The number of amides is 1. The summed E-state index contributed by atoms with van der Waals surface area (Å²) in [5, 5.41) is 3.48. The van der Waals surface area contributed by atoms with Crippen molar-refractivity contribution in [2.45, 2.75) is 38.1 Å². The molecular weight excluding hydrogens is 319 g/mol. The number of carbonyl (C=O) groups is 1. The quantitative estimate of drug-likeness (QED) is 0.928. The van der Waals surface area contributed by atoms with E-state index >= 15 is 0 Å². The van der Waals surface area contributed by atoms with Crippen molar-refractivity contribution in [3.63, 3.8) is 0 Å². The lowest BCUT2D eigenvalue weighted by Gasteiger charge is -2.18.